The molecule has 31 heavy (non-hydrogen) atoms. The molecule has 0 fully saturated rings. The number of benzene rings is 1. The van der Waals surface area contributed by atoms with Crippen LogP contribution in [0.2, 0.25) is 5.15 Å². The molecule has 0 amide bonds. The maximum absolute atomic E-state index is 13.1. The molecule has 156 valence electrons. The van der Waals surface area contributed by atoms with Crippen molar-refractivity contribution in [2.24, 2.45) is 14.1 Å². The first-order valence-electron chi connectivity index (χ1n) is 9.68. The fourth-order valence-corrected chi connectivity index (χ4v) is 4.07. The van der Waals surface area contributed by atoms with Crippen molar-refractivity contribution in [1.82, 2.24) is 28.9 Å². The predicted molar refractivity (Wildman–Crippen MR) is 123 cm³/mol. The second-order valence-corrected chi connectivity index (χ2v) is 8.04. The van der Waals surface area contributed by atoms with E-state index in [1.54, 1.807) is 40.3 Å². The molecule has 8 nitrogen and oxygen atoms in total. The lowest BCUT2D eigenvalue weighted by Gasteiger charge is -2.12. The Balaban J connectivity index is 1.81. The maximum atomic E-state index is 13.1. The number of hydrogen-bond acceptors (Lipinski definition) is 5. The maximum Gasteiger partial charge on any atom is 0.333 e. The minimum Gasteiger partial charge on any atom is -0.363 e. The highest BCUT2D eigenvalue weighted by atomic mass is 35.5. The average Bonchev–Trinajstić information content (AvgIpc) is 3.22. The zero-order chi connectivity index (χ0) is 21.9. The summed E-state index contributed by atoms with van der Waals surface area (Å²) in [5, 5.41) is 5.31. The predicted octanol–water partition coefficient (Wildman–Crippen LogP) is 3.39. The molecule has 0 N–H and O–H groups in total. The quantitative estimate of drug-likeness (QED) is 0.436. The van der Waals surface area contributed by atoms with Crippen molar-refractivity contribution in [2.75, 3.05) is 19.0 Å². The Morgan fingerprint density at radius 3 is 2.42 bits per heavy atom. The van der Waals surface area contributed by atoms with Gasteiger partial charge in [0, 0.05) is 45.3 Å². The van der Waals surface area contributed by atoms with Gasteiger partial charge in [-0.05, 0) is 29.8 Å². The van der Waals surface area contributed by atoms with Gasteiger partial charge in [-0.2, -0.15) is 5.10 Å². The molecule has 0 bridgehead atoms. The van der Waals surface area contributed by atoms with Crippen LogP contribution in [0.3, 0.4) is 0 Å². The summed E-state index contributed by atoms with van der Waals surface area (Å²) in [5.74, 6) is 0.886. The van der Waals surface area contributed by atoms with E-state index in [2.05, 4.69) is 15.1 Å². The van der Waals surface area contributed by atoms with Crippen LogP contribution in [0.15, 0.2) is 53.7 Å². The topological polar surface area (TPSA) is 73.8 Å². The van der Waals surface area contributed by atoms with Crippen molar-refractivity contribution >= 4 is 39.4 Å². The summed E-state index contributed by atoms with van der Waals surface area (Å²) >= 11 is 6.35. The molecule has 0 aliphatic heterocycles. The largest absolute Gasteiger partial charge is 0.363 e. The second-order valence-electron chi connectivity index (χ2n) is 7.68. The van der Waals surface area contributed by atoms with Crippen LogP contribution in [0.25, 0.3) is 38.8 Å². The van der Waals surface area contributed by atoms with E-state index in [1.165, 1.54) is 0 Å². The summed E-state index contributed by atoms with van der Waals surface area (Å²) in [6, 6.07) is 10.0. The first-order chi connectivity index (χ1) is 14.8. The number of fused-ring (bicyclic) bond motifs is 3. The highest BCUT2D eigenvalue weighted by Gasteiger charge is 2.20. The molecule has 4 heterocycles. The Labute approximate surface area is 182 Å². The fraction of sp³-hybridized carbons (Fsp3) is 0.182. The third-order valence-electron chi connectivity index (χ3n) is 5.43. The Morgan fingerprint density at radius 1 is 1.00 bits per heavy atom. The third-order valence-corrected chi connectivity index (χ3v) is 5.70. The first kappa shape index (κ1) is 19.3. The lowest BCUT2D eigenvalue weighted by atomic mass is 10.0. The SMILES string of the molecule is CN(C)c1ccc(-c2ccc3ncc4c(c3c2)n(-c2cn(C)nc2Cl)c(=O)n4C)cn1. The summed E-state index contributed by atoms with van der Waals surface area (Å²) in [6.45, 7) is 0. The Bertz CT molecular complexity index is 1510. The Kier molecular flexibility index (Phi) is 4.33. The fourth-order valence-electron chi connectivity index (χ4n) is 3.82. The van der Waals surface area contributed by atoms with Gasteiger partial charge in [0.1, 0.15) is 11.5 Å². The van der Waals surface area contributed by atoms with Crippen molar-refractivity contribution in [3.63, 3.8) is 0 Å². The molecular formula is C22H20ClN7O. The molecular weight excluding hydrogens is 414 g/mol. The molecule has 0 saturated heterocycles. The highest BCUT2D eigenvalue weighted by Crippen LogP contribution is 2.31. The minimum absolute atomic E-state index is 0.207. The van der Waals surface area contributed by atoms with Crippen LogP contribution in [0.1, 0.15) is 0 Å². The molecule has 0 atom stereocenters. The summed E-state index contributed by atoms with van der Waals surface area (Å²) in [4.78, 5) is 24.2. The number of anilines is 1. The lowest BCUT2D eigenvalue weighted by Crippen LogP contribution is -2.20. The molecule has 5 aromatic rings. The first-order valence-corrected chi connectivity index (χ1v) is 10.1. The van der Waals surface area contributed by atoms with E-state index in [1.807, 2.05) is 55.5 Å². The van der Waals surface area contributed by atoms with Crippen molar-refractivity contribution in [3.8, 4) is 16.8 Å². The van der Waals surface area contributed by atoms with E-state index in [-0.39, 0.29) is 10.8 Å². The van der Waals surface area contributed by atoms with E-state index in [4.69, 9.17) is 11.6 Å². The normalized spacial score (nSPS) is 11.5. The van der Waals surface area contributed by atoms with Gasteiger partial charge in [0.2, 0.25) is 0 Å². The molecule has 0 spiro atoms. The lowest BCUT2D eigenvalue weighted by molar-refractivity contribution is 0.767. The van der Waals surface area contributed by atoms with Gasteiger partial charge in [-0.3, -0.25) is 18.8 Å². The van der Waals surface area contributed by atoms with E-state index >= 15 is 0 Å². The number of imidazole rings is 1. The van der Waals surface area contributed by atoms with Gasteiger partial charge in [0.25, 0.3) is 0 Å². The highest BCUT2D eigenvalue weighted by molar-refractivity contribution is 6.31. The summed E-state index contributed by atoms with van der Waals surface area (Å²) in [5.41, 5.74) is 4.54. The van der Waals surface area contributed by atoms with Crippen molar-refractivity contribution in [1.29, 1.82) is 0 Å². The zero-order valence-corrected chi connectivity index (χ0v) is 18.3. The molecule has 0 unspecified atom stereocenters. The van der Waals surface area contributed by atoms with Crippen LogP contribution in [0, 0.1) is 0 Å². The number of hydrogen-bond donors (Lipinski definition) is 0. The van der Waals surface area contributed by atoms with E-state index < -0.39 is 0 Å². The molecule has 5 rings (SSSR count). The van der Waals surface area contributed by atoms with Crippen LogP contribution >= 0.6 is 11.6 Å². The van der Waals surface area contributed by atoms with E-state index in [9.17, 15) is 4.79 Å². The van der Waals surface area contributed by atoms with Crippen molar-refractivity contribution in [2.45, 2.75) is 0 Å². The van der Waals surface area contributed by atoms with E-state index in [0.29, 0.717) is 5.69 Å². The van der Waals surface area contributed by atoms with Gasteiger partial charge in [-0.25, -0.2) is 9.78 Å². The second kappa shape index (κ2) is 6.95. The summed E-state index contributed by atoms with van der Waals surface area (Å²) in [6.07, 6.45) is 5.30. The van der Waals surface area contributed by atoms with Crippen LogP contribution in [0.5, 0.6) is 0 Å². The van der Waals surface area contributed by atoms with Crippen LogP contribution in [-0.4, -0.2) is 43.0 Å². The van der Waals surface area contributed by atoms with Gasteiger partial charge >= 0.3 is 5.69 Å². The average molecular weight is 434 g/mol. The molecule has 0 radical (unpaired) electrons. The number of nitrogens with zero attached hydrogens (tertiary/aromatic N) is 7. The molecule has 0 aliphatic rings. The molecule has 4 aromatic heterocycles. The Morgan fingerprint density at radius 2 is 1.77 bits per heavy atom. The standard InChI is InChI=1S/C22H20ClN7O/c1-27(2)19-8-6-14(10-25-19)13-5-7-16-15(9-13)20-17(11-24-16)29(4)22(31)30(20)18-12-28(3)26-21(18)23/h5-12H,1-4H3. The van der Waals surface area contributed by atoms with E-state index in [0.717, 1.165) is 38.9 Å². The number of aryl methyl sites for hydroxylation is 2. The van der Waals surface area contributed by atoms with Crippen molar-refractivity contribution < 1.29 is 0 Å². The van der Waals surface area contributed by atoms with Gasteiger partial charge in [-0.15, -0.1) is 0 Å². The van der Waals surface area contributed by atoms with Crippen LogP contribution < -0.4 is 10.6 Å². The Hall–Kier alpha value is -3.65. The third kappa shape index (κ3) is 2.98. The summed E-state index contributed by atoms with van der Waals surface area (Å²) < 4.78 is 4.77. The summed E-state index contributed by atoms with van der Waals surface area (Å²) in [7, 11) is 7.41. The molecule has 0 saturated carbocycles. The van der Waals surface area contributed by atoms with Crippen molar-refractivity contribution in [3.05, 3.63) is 64.6 Å². The van der Waals surface area contributed by atoms with Gasteiger partial charge in [-0.1, -0.05) is 17.7 Å². The van der Waals surface area contributed by atoms with Crippen LogP contribution in [0.4, 0.5) is 5.82 Å². The molecule has 1 aromatic carbocycles. The van der Waals surface area contributed by atoms with Gasteiger partial charge in [0.15, 0.2) is 5.15 Å². The van der Waals surface area contributed by atoms with Crippen LogP contribution in [-0.2, 0) is 14.1 Å². The molecule has 0 aliphatic carbocycles. The number of pyridine rings is 2. The zero-order valence-electron chi connectivity index (χ0n) is 17.5. The monoisotopic (exact) mass is 433 g/mol. The van der Waals surface area contributed by atoms with Gasteiger partial charge in [0.05, 0.1) is 28.9 Å². The van der Waals surface area contributed by atoms with Gasteiger partial charge < -0.3 is 4.90 Å². The number of rotatable bonds is 3. The smallest absolute Gasteiger partial charge is 0.333 e. The number of halogens is 1. The minimum atomic E-state index is -0.207. The number of aromatic nitrogens is 6. The molecule has 9 heteroatoms.